The van der Waals surface area contributed by atoms with E-state index in [4.69, 9.17) is 11.6 Å². The first-order chi connectivity index (χ1) is 9.79. The first kappa shape index (κ1) is 15.6. The maximum atomic E-state index is 12.1. The summed E-state index contributed by atoms with van der Waals surface area (Å²) in [4.78, 5) is 17.1. The number of nitro groups is 1. The second-order valence-electron chi connectivity index (χ2n) is 3.70. The molecule has 21 heavy (non-hydrogen) atoms. The summed E-state index contributed by atoms with van der Waals surface area (Å²) in [5.74, 6) is -0.146. The highest BCUT2D eigenvalue weighted by Crippen LogP contribution is 2.27. The third-order valence-corrected chi connectivity index (χ3v) is 4.48. The second kappa shape index (κ2) is 5.92. The topological polar surface area (TPSA) is 115 Å². The summed E-state index contributed by atoms with van der Waals surface area (Å²) in [6.07, 6.45) is 2.73. The quantitative estimate of drug-likeness (QED) is 0.630. The van der Waals surface area contributed by atoms with Gasteiger partial charge in [0.15, 0.2) is 0 Å². The average molecular weight is 394 g/mol. The first-order valence-corrected chi connectivity index (χ1v) is 7.89. The Morgan fingerprint density at radius 3 is 2.43 bits per heavy atom. The van der Waals surface area contributed by atoms with Gasteiger partial charge in [0.25, 0.3) is 15.7 Å². The molecule has 0 fully saturated rings. The predicted octanol–water partition coefficient (Wildman–Crippen LogP) is 2.60. The van der Waals surface area contributed by atoms with Crippen molar-refractivity contribution >= 4 is 49.2 Å². The van der Waals surface area contributed by atoms with Crippen LogP contribution in [0.1, 0.15) is 0 Å². The summed E-state index contributed by atoms with van der Waals surface area (Å²) in [6.45, 7) is 0. The zero-order valence-electron chi connectivity index (χ0n) is 10.0. The maximum absolute atomic E-state index is 12.1. The Bertz CT molecular complexity index is 797. The first-order valence-electron chi connectivity index (χ1n) is 5.24. The molecule has 0 aliphatic rings. The molecule has 2 aromatic rings. The summed E-state index contributed by atoms with van der Waals surface area (Å²) in [5.41, 5.74) is -0.307. The molecule has 0 atom stereocenters. The van der Waals surface area contributed by atoms with Gasteiger partial charge in [-0.05, 0) is 22.0 Å². The number of benzene rings is 1. The maximum Gasteiger partial charge on any atom is 0.271 e. The van der Waals surface area contributed by atoms with E-state index >= 15 is 0 Å². The molecule has 0 unspecified atom stereocenters. The number of hydrogen-bond donors (Lipinski definition) is 1. The van der Waals surface area contributed by atoms with Crippen LogP contribution in [0.2, 0.25) is 5.02 Å². The average Bonchev–Trinajstić information content (AvgIpc) is 2.40. The molecule has 1 aromatic carbocycles. The zero-order valence-corrected chi connectivity index (χ0v) is 13.2. The van der Waals surface area contributed by atoms with Crippen LogP contribution < -0.4 is 4.72 Å². The Hall–Kier alpha value is -1.78. The second-order valence-corrected chi connectivity index (χ2v) is 6.68. The van der Waals surface area contributed by atoms with Gasteiger partial charge in [0, 0.05) is 24.5 Å². The lowest BCUT2D eigenvalue weighted by Crippen LogP contribution is -2.15. The van der Waals surface area contributed by atoms with E-state index in [9.17, 15) is 18.5 Å². The molecule has 11 heteroatoms. The van der Waals surface area contributed by atoms with Crippen molar-refractivity contribution in [2.24, 2.45) is 0 Å². The number of nitro benzene ring substituents is 1. The van der Waals surface area contributed by atoms with E-state index in [2.05, 4.69) is 30.6 Å². The van der Waals surface area contributed by atoms with Crippen molar-refractivity contribution in [1.82, 2.24) is 9.97 Å². The molecule has 110 valence electrons. The highest BCUT2D eigenvalue weighted by atomic mass is 79.9. The van der Waals surface area contributed by atoms with Crippen LogP contribution in [-0.2, 0) is 10.0 Å². The van der Waals surface area contributed by atoms with Crippen LogP contribution in [0, 0.1) is 10.1 Å². The van der Waals surface area contributed by atoms with Crippen molar-refractivity contribution < 1.29 is 13.3 Å². The van der Waals surface area contributed by atoms with Gasteiger partial charge in [0.2, 0.25) is 5.95 Å². The normalized spacial score (nSPS) is 11.1. The van der Waals surface area contributed by atoms with Gasteiger partial charge in [-0.1, -0.05) is 11.6 Å². The number of sulfonamides is 1. The minimum absolute atomic E-state index is 0.146. The standard InChI is InChI=1S/C10H6BrClN4O4S/c11-6-4-13-10(14-5-6)15-21(19,20)9-2-1-7(16(17)18)3-8(9)12/h1-5H,(H,13,14,15). The Labute approximate surface area is 132 Å². The largest absolute Gasteiger partial charge is 0.271 e. The van der Waals surface area contributed by atoms with Crippen molar-refractivity contribution in [3.63, 3.8) is 0 Å². The lowest BCUT2D eigenvalue weighted by atomic mass is 10.3. The Kier molecular flexibility index (Phi) is 4.40. The number of nitrogens with zero attached hydrogens (tertiary/aromatic N) is 3. The molecule has 0 radical (unpaired) electrons. The van der Waals surface area contributed by atoms with Gasteiger partial charge in [0.05, 0.1) is 14.4 Å². The molecule has 2 rings (SSSR count). The molecule has 1 aromatic heterocycles. The van der Waals surface area contributed by atoms with Gasteiger partial charge in [-0.15, -0.1) is 0 Å². The number of nitrogens with one attached hydrogen (secondary N) is 1. The monoisotopic (exact) mass is 392 g/mol. The Morgan fingerprint density at radius 2 is 1.90 bits per heavy atom. The fourth-order valence-corrected chi connectivity index (χ4v) is 3.06. The third kappa shape index (κ3) is 3.65. The molecule has 8 nitrogen and oxygen atoms in total. The number of aromatic nitrogens is 2. The van der Waals surface area contributed by atoms with Crippen LogP contribution in [0.15, 0.2) is 40.0 Å². The molecule has 0 aliphatic heterocycles. The van der Waals surface area contributed by atoms with E-state index in [1.54, 1.807) is 0 Å². The minimum atomic E-state index is -4.04. The fraction of sp³-hybridized carbons (Fsp3) is 0. The summed E-state index contributed by atoms with van der Waals surface area (Å²) in [6, 6.07) is 3.04. The summed E-state index contributed by atoms with van der Waals surface area (Å²) in [5, 5.41) is 10.3. The summed E-state index contributed by atoms with van der Waals surface area (Å²) >= 11 is 8.89. The van der Waals surface area contributed by atoms with Crippen molar-refractivity contribution in [2.75, 3.05) is 4.72 Å². The molecule has 0 amide bonds. The van der Waals surface area contributed by atoms with Crippen molar-refractivity contribution in [1.29, 1.82) is 0 Å². The number of non-ortho nitro benzene ring substituents is 1. The molecular formula is C10H6BrClN4O4S. The van der Waals surface area contributed by atoms with Crippen LogP contribution in [0.4, 0.5) is 11.6 Å². The van der Waals surface area contributed by atoms with Gasteiger partial charge in [-0.25, -0.2) is 23.1 Å². The summed E-state index contributed by atoms with van der Waals surface area (Å²) in [7, 11) is -4.04. The van der Waals surface area contributed by atoms with Crippen molar-refractivity contribution in [3.05, 3.63) is 50.2 Å². The molecule has 1 heterocycles. The molecule has 0 saturated heterocycles. The lowest BCUT2D eigenvalue weighted by molar-refractivity contribution is -0.384. The van der Waals surface area contributed by atoms with Crippen LogP contribution in [0.5, 0.6) is 0 Å². The number of rotatable bonds is 4. The van der Waals surface area contributed by atoms with Crippen LogP contribution in [0.3, 0.4) is 0 Å². The van der Waals surface area contributed by atoms with Crippen molar-refractivity contribution in [3.8, 4) is 0 Å². The van der Waals surface area contributed by atoms with E-state index in [0.717, 1.165) is 18.2 Å². The highest BCUT2D eigenvalue weighted by Gasteiger charge is 2.21. The SMILES string of the molecule is O=[N+]([O-])c1ccc(S(=O)(=O)Nc2ncc(Br)cn2)c(Cl)c1. The van der Waals surface area contributed by atoms with Gasteiger partial charge in [0.1, 0.15) is 4.90 Å². The molecule has 0 aliphatic carbocycles. The van der Waals surface area contributed by atoms with E-state index in [0.29, 0.717) is 4.47 Å². The molecule has 0 spiro atoms. The Balaban J connectivity index is 2.35. The zero-order chi connectivity index (χ0) is 15.6. The number of hydrogen-bond acceptors (Lipinski definition) is 6. The number of anilines is 1. The van der Waals surface area contributed by atoms with Gasteiger partial charge >= 0.3 is 0 Å². The smallest absolute Gasteiger partial charge is 0.258 e. The van der Waals surface area contributed by atoms with Crippen molar-refractivity contribution in [2.45, 2.75) is 4.90 Å². The molecular weight excluding hydrogens is 388 g/mol. The minimum Gasteiger partial charge on any atom is -0.258 e. The van der Waals surface area contributed by atoms with E-state index in [1.165, 1.54) is 12.4 Å². The van der Waals surface area contributed by atoms with Gasteiger partial charge in [-0.2, -0.15) is 0 Å². The van der Waals surface area contributed by atoms with E-state index < -0.39 is 14.9 Å². The summed E-state index contributed by atoms with van der Waals surface area (Å²) < 4.78 is 27.0. The third-order valence-electron chi connectivity index (χ3n) is 2.26. The fourth-order valence-electron chi connectivity index (χ4n) is 1.36. The van der Waals surface area contributed by atoms with Gasteiger partial charge < -0.3 is 0 Å². The number of halogens is 2. The Morgan fingerprint density at radius 1 is 1.29 bits per heavy atom. The van der Waals surface area contributed by atoms with Crippen LogP contribution in [0.25, 0.3) is 0 Å². The lowest BCUT2D eigenvalue weighted by Gasteiger charge is -2.07. The van der Waals surface area contributed by atoms with Crippen LogP contribution in [-0.4, -0.2) is 23.3 Å². The van der Waals surface area contributed by atoms with E-state index in [1.807, 2.05) is 0 Å². The predicted molar refractivity (Wildman–Crippen MR) is 78.6 cm³/mol. The van der Waals surface area contributed by atoms with Gasteiger partial charge in [-0.3, -0.25) is 10.1 Å². The molecule has 0 bridgehead atoms. The highest BCUT2D eigenvalue weighted by molar-refractivity contribution is 9.10. The van der Waals surface area contributed by atoms with E-state index in [-0.39, 0.29) is 21.6 Å². The van der Waals surface area contributed by atoms with Crippen LogP contribution >= 0.6 is 27.5 Å². The molecule has 0 saturated carbocycles. The molecule has 1 N–H and O–H groups in total.